The highest BCUT2D eigenvalue weighted by Gasteiger charge is 2.48. The number of halogens is 1. The lowest BCUT2D eigenvalue weighted by Crippen LogP contribution is -2.54. The fraction of sp³-hybridized carbons (Fsp3) is 0.429. The van der Waals surface area contributed by atoms with E-state index in [1.165, 1.54) is 33.8 Å². The zero-order valence-electron chi connectivity index (χ0n) is 21.9. The van der Waals surface area contributed by atoms with Gasteiger partial charge in [0, 0.05) is 31.7 Å². The molecule has 1 heterocycles. The van der Waals surface area contributed by atoms with Crippen molar-refractivity contribution in [3.05, 3.63) is 63.7 Å². The zero-order chi connectivity index (χ0) is 28.1. The molecule has 3 rings (SSSR count). The maximum Gasteiger partial charge on any atom is 0.303 e. The standard InChI is InChI=1S/C28H31ClO9/c1-14-25(13-35-16(3)31)38-27(28(37-18(5)33)26(14)36-17(4)32)20-7-8-23(29)21(12-20)10-19-6-9-24(34)22(11-19)15(2)30/h6-9,11-12,14,25-28,34H,10,13H2,1-5H3/t14-,25-,26+,27+,28-/m1/s1. The van der Waals surface area contributed by atoms with Crippen LogP contribution >= 0.6 is 11.6 Å². The maximum atomic E-state index is 12.0. The average Bonchev–Trinajstić information content (AvgIpc) is 2.82. The Hall–Kier alpha value is -3.43. The topological polar surface area (TPSA) is 125 Å². The van der Waals surface area contributed by atoms with Crippen molar-refractivity contribution in [3.63, 3.8) is 0 Å². The summed E-state index contributed by atoms with van der Waals surface area (Å²) in [6, 6.07) is 9.92. The van der Waals surface area contributed by atoms with Gasteiger partial charge in [0.25, 0.3) is 0 Å². The molecule has 1 fully saturated rings. The van der Waals surface area contributed by atoms with Crippen LogP contribution in [0.25, 0.3) is 0 Å². The molecule has 38 heavy (non-hydrogen) atoms. The van der Waals surface area contributed by atoms with Crippen molar-refractivity contribution >= 4 is 35.3 Å². The van der Waals surface area contributed by atoms with Gasteiger partial charge >= 0.3 is 17.9 Å². The molecule has 0 amide bonds. The number of ether oxygens (including phenoxy) is 4. The quantitative estimate of drug-likeness (QED) is 0.292. The highest BCUT2D eigenvalue weighted by atomic mass is 35.5. The summed E-state index contributed by atoms with van der Waals surface area (Å²) in [5.41, 5.74) is 2.23. The van der Waals surface area contributed by atoms with Gasteiger partial charge in [-0.25, -0.2) is 0 Å². The minimum Gasteiger partial charge on any atom is -0.507 e. The molecule has 1 N–H and O–H groups in total. The van der Waals surface area contributed by atoms with E-state index >= 15 is 0 Å². The van der Waals surface area contributed by atoms with Gasteiger partial charge in [-0.1, -0.05) is 36.7 Å². The van der Waals surface area contributed by atoms with E-state index < -0.39 is 48.2 Å². The third-order valence-electron chi connectivity index (χ3n) is 6.34. The van der Waals surface area contributed by atoms with Gasteiger partial charge in [-0.05, 0) is 48.2 Å². The van der Waals surface area contributed by atoms with Crippen LogP contribution in [-0.4, -0.2) is 53.7 Å². The van der Waals surface area contributed by atoms with Crippen LogP contribution in [-0.2, 0) is 39.8 Å². The van der Waals surface area contributed by atoms with E-state index in [1.54, 1.807) is 37.3 Å². The normalized spacial score (nSPS) is 22.8. The number of rotatable bonds is 8. The number of esters is 3. The molecule has 2 aromatic carbocycles. The fourth-order valence-electron chi connectivity index (χ4n) is 4.52. The van der Waals surface area contributed by atoms with Crippen molar-refractivity contribution in [2.75, 3.05) is 6.61 Å². The monoisotopic (exact) mass is 546 g/mol. The number of benzene rings is 2. The third kappa shape index (κ3) is 7.11. The summed E-state index contributed by atoms with van der Waals surface area (Å²) >= 11 is 6.50. The number of hydrogen-bond donors (Lipinski definition) is 1. The van der Waals surface area contributed by atoms with Gasteiger partial charge in [0.1, 0.15) is 24.6 Å². The van der Waals surface area contributed by atoms with Crippen molar-refractivity contribution in [2.24, 2.45) is 5.92 Å². The number of carbonyl (C=O) groups is 4. The number of aromatic hydroxyl groups is 1. The average molecular weight is 547 g/mol. The van der Waals surface area contributed by atoms with E-state index in [1.807, 2.05) is 0 Å². The first-order chi connectivity index (χ1) is 17.9. The number of Topliss-reactive ketones (excluding diaryl/α,β-unsaturated/α-hetero) is 1. The Morgan fingerprint density at radius 3 is 2.18 bits per heavy atom. The number of hydrogen-bond acceptors (Lipinski definition) is 9. The van der Waals surface area contributed by atoms with E-state index in [2.05, 4.69) is 0 Å². The van der Waals surface area contributed by atoms with Crippen molar-refractivity contribution < 1.29 is 43.2 Å². The molecule has 0 aromatic heterocycles. The molecular formula is C28H31ClO9. The highest BCUT2D eigenvalue weighted by Crippen LogP contribution is 2.40. The van der Waals surface area contributed by atoms with Gasteiger partial charge in [-0.3, -0.25) is 19.2 Å². The molecule has 0 saturated carbocycles. The van der Waals surface area contributed by atoms with Crippen molar-refractivity contribution in [2.45, 2.75) is 65.5 Å². The van der Waals surface area contributed by atoms with Crippen LogP contribution in [0.15, 0.2) is 36.4 Å². The molecule has 0 aliphatic carbocycles. The second-order valence-electron chi connectivity index (χ2n) is 9.34. The molecule has 0 spiro atoms. The van der Waals surface area contributed by atoms with E-state index in [0.29, 0.717) is 22.6 Å². The number of carbonyl (C=O) groups excluding carboxylic acids is 4. The lowest BCUT2D eigenvalue weighted by atomic mass is 9.85. The largest absolute Gasteiger partial charge is 0.507 e. The van der Waals surface area contributed by atoms with Crippen LogP contribution in [0.1, 0.15) is 67.8 Å². The van der Waals surface area contributed by atoms with E-state index in [9.17, 15) is 24.3 Å². The van der Waals surface area contributed by atoms with Gasteiger partial charge in [-0.2, -0.15) is 0 Å². The van der Waals surface area contributed by atoms with Crippen molar-refractivity contribution in [1.82, 2.24) is 0 Å². The maximum absolute atomic E-state index is 12.0. The molecule has 5 atom stereocenters. The van der Waals surface area contributed by atoms with Crippen LogP contribution in [0.3, 0.4) is 0 Å². The zero-order valence-corrected chi connectivity index (χ0v) is 22.6. The Balaban J connectivity index is 2.02. The summed E-state index contributed by atoms with van der Waals surface area (Å²) in [6.07, 6.45) is -3.05. The molecule has 1 saturated heterocycles. The molecule has 1 aliphatic heterocycles. The minimum atomic E-state index is -0.980. The number of ketones is 1. The first-order valence-corrected chi connectivity index (χ1v) is 12.5. The third-order valence-corrected chi connectivity index (χ3v) is 6.71. The summed E-state index contributed by atoms with van der Waals surface area (Å²) in [4.78, 5) is 47.3. The van der Waals surface area contributed by atoms with Crippen LogP contribution in [0.2, 0.25) is 5.02 Å². The smallest absolute Gasteiger partial charge is 0.303 e. The van der Waals surface area contributed by atoms with Crippen LogP contribution in [0.4, 0.5) is 0 Å². The number of phenolic OH excluding ortho intramolecular Hbond substituents is 1. The first kappa shape index (κ1) is 29.1. The molecular weight excluding hydrogens is 516 g/mol. The molecule has 0 radical (unpaired) electrons. The Morgan fingerprint density at radius 2 is 1.58 bits per heavy atom. The lowest BCUT2D eigenvalue weighted by Gasteiger charge is -2.44. The molecule has 1 aliphatic rings. The van der Waals surface area contributed by atoms with Gasteiger partial charge in [0.05, 0.1) is 11.7 Å². The van der Waals surface area contributed by atoms with Gasteiger partial charge in [0.15, 0.2) is 11.9 Å². The predicted octanol–water partition coefficient (Wildman–Crippen LogP) is 4.34. The summed E-state index contributed by atoms with van der Waals surface area (Å²) in [7, 11) is 0. The van der Waals surface area contributed by atoms with Crippen LogP contribution in [0.5, 0.6) is 5.75 Å². The van der Waals surface area contributed by atoms with E-state index in [-0.39, 0.29) is 23.7 Å². The Morgan fingerprint density at radius 1 is 0.921 bits per heavy atom. The van der Waals surface area contributed by atoms with Crippen molar-refractivity contribution in [1.29, 1.82) is 0 Å². The summed E-state index contributed by atoms with van der Waals surface area (Å²) in [5, 5.41) is 10.4. The summed E-state index contributed by atoms with van der Waals surface area (Å²) in [5.74, 6) is -2.47. The second-order valence-corrected chi connectivity index (χ2v) is 9.75. The van der Waals surface area contributed by atoms with Gasteiger partial charge < -0.3 is 24.1 Å². The second kappa shape index (κ2) is 12.4. The Bertz CT molecular complexity index is 1220. The molecule has 0 bridgehead atoms. The van der Waals surface area contributed by atoms with Crippen molar-refractivity contribution in [3.8, 4) is 5.75 Å². The molecule has 0 unspecified atom stereocenters. The summed E-state index contributed by atoms with van der Waals surface area (Å²) in [6.45, 7) is 6.84. The van der Waals surface area contributed by atoms with Gasteiger partial charge in [-0.15, -0.1) is 0 Å². The Labute approximate surface area is 226 Å². The van der Waals surface area contributed by atoms with E-state index in [4.69, 9.17) is 30.5 Å². The van der Waals surface area contributed by atoms with Crippen LogP contribution < -0.4 is 0 Å². The molecule has 10 heteroatoms. The molecule has 204 valence electrons. The minimum absolute atomic E-state index is 0.0840. The van der Waals surface area contributed by atoms with E-state index in [0.717, 1.165) is 5.56 Å². The molecule has 2 aromatic rings. The summed E-state index contributed by atoms with van der Waals surface area (Å²) < 4.78 is 22.7. The fourth-order valence-corrected chi connectivity index (χ4v) is 4.70. The lowest BCUT2D eigenvalue weighted by molar-refractivity contribution is -0.232. The van der Waals surface area contributed by atoms with Gasteiger partial charge in [0.2, 0.25) is 0 Å². The highest BCUT2D eigenvalue weighted by molar-refractivity contribution is 6.31. The first-order valence-electron chi connectivity index (χ1n) is 12.1. The number of phenols is 1. The van der Waals surface area contributed by atoms with Crippen LogP contribution in [0, 0.1) is 5.92 Å². The predicted molar refractivity (Wildman–Crippen MR) is 137 cm³/mol. The SMILES string of the molecule is CC(=O)OC[C@H]1O[C@@H](c2ccc(Cl)c(Cc3ccc(O)c(C(C)=O)c3)c2)[C@H](OC(C)=O)[C@@H](OC(C)=O)[C@@H]1C. The molecule has 9 nitrogen and oxygen atoms in total. The Kier molecular flexibility index (Phi) is 9.51.